The summed E-state index contributed by atoms with van der Waals surface area (Å²) in [6.45, 7) is 0.353. The first-order chi connectivity index (χ1) is 9.07. The summed E-state index contributed by atoms with van der Waals surface area (Å²) < 4.78 is 0. The Bertz CT molecular complexity index is 476. The maximum absolute atomic E-state index is 12.3. The fourth-order valence-electron chi connectivity index (χ4n) is 2.54. The van der Waals surface area contributed by atoms with Crippen molar-refractivity contribution in [3.05, 3.63) is 29.8 Å². The fourth-order valence-corrected chi connectivity index (χ4v) is 2.54. The normalized spacial score (nSPS) is 17.1. The highest BCUT2D eigenvalue weighted by atomic mass is 16.4. The zero-order valence-corrected chi connectivity index (χ0v) is 10.7. The lowest BCUT2D eigenvalue weighted by Crippen LogP contribution is -2.40. The lowest BCUT2D eigenvalue weighted by molar-refractivity contribution is -0.124. The van der Waals surface area contributed by atoms with Crippen LogP contribution in [0, 0.1) is 5.41 Å². The molecule has 102 valence electrons. The molecule has 0 heterocycles. The van der Waals surface area contributed by atoms with Crippen LogP contribution in [-0.4, -0.2) is 23.5 Å². The summed E-state index contributed by atoms with van der Waals surface area (Å²) in [7, 11) is 0. The molecule has 4 N–H and O–H groups in total. The minimum Gasteiger partial charge on any atom is -0.478 e. The van der Waals surface area contributed by atoms with Crippen molar-refractivity contribution < 1.29 is 14.7 Å². The van der Waals surface area contributed by atoms with Gasteiger partial charge >= 0.3 is 5.97 Å². The van der Waals surface area contributed by atoms with Crippen LogP contribution in [-0.2, 0) is 4.79 Å². The topological polar surface area (TPSA) is 92.4 Å². The van der Waals surface area contributed by atoms with Gasteiger partial charge in [-0.15, -0.1) is 0 Å². The molecule has 1 aliphatic carbocycles. The van der Waals surface area contributed by atoms with Crippen LogP contribution >= 0.6 is 0 Å². The van der Waals surface area contributed by atoms with E-state index in [0.717, 1.165) is 25.7 Å². The van der Waals surface area contributed by atoms with Crippen molar-refractivity contribution in [2.24, 2.45) is 11.1 Å². The van der Waals surface area contributed by atoms with Crippen LogP contribution in [0.3, 0.4) is 0 Å². The van der Waals surface area contributed by atoms with E-state index in [0.29, 0.717) is 12.2 Å². The minimum absolute atomic E-state index is 0.0597. The summed E-state index contributed by atoms with van der Waals surface area (Å²) in [5.41, 5.74) is 6.10. The molecule has 1 fully saturated rings. The molecular weight excluding hydrogens is 244 g/mol. The molecule has 0 aliphatic heterocycles. The third-order valence-electron chi connectivity index (χ3n) is 3.82. The predicted octanol–water partition coefficient (Wildman–Crippen LogP) is 1.84. The Hall–Kier alpha value is -1.88. The number of aromatic carboxylic acids is 1. The zero-order chi connectivity index (χ0) is 13.9. The number of nitrogens with two attached hydrogens (primary N) is 1. The van der Waals surface area contributed by atoms with Gasteiger partial charge in [0.25, 0.3) is 0 Å². The minimum atomic E-state index is -0.980. The van der Waals surface area contributed by atoms with Gasteiger partial charge in [0.15, 0.2) is 0 Å². The van der Waals surface area contributed by atoms with Crippen molar-refractivity contribution in [2.75, 3.05) is 11.9 Å². The zero-order valence-electron chi connectivity index (χ0n) is 10.7. The summed E-state index contributed by atoms with van der Waals surface area (Å²) in [4.78, 5) is 23.0. The van der Waals surface area contributed by atoms with Crippen LogP contribution in [0.15, 0.2) is 24.3 Å². The quantitative estimate of drug-likeness (QED) is 0.772. The fraction of sp³-hybridized carbons (Fsp3) is 0.429. The van der Waals surface area contributed by atoms with Crippen molar-refractivity contribution in [2.45, 2.75) is 25.7 Å². The first-order valence-electron chi connectivity index (χ1n) is 6.42. The molecular formula is C14H18N2O3. The maximum atomic E-state index is 12.3. The van der Waals surface area contributed by atoms with Gasteiger partial charge in [0, 0.05) is 12.2 Å². The number of hydrogen-bond donors (Lipinski definition) is 3. The average molecular weight is 262 g/mol. The van der Waals surface area contributed by atoms with Crippen molar-refractivity contribution >= 4 is 17.6 Å². The van der Waals surface area contributed by atoms with E-state index < -0.39 is 11.4 Å². The average Bonchev–Trinajstić information content (AvgIpc) is 2.89. The van der Waals surface area contributed by atoms with Crippen molar-refractivity contribution in [3.8, 4) is 0 Å². The summed E-state index contributed by atoms with van der Waals surface area (Å²) in [5.74, 6) is -1.04. The van der Waals surface area contributed by atoms with E-state index in [-0.39, 0.29) is 11.5 Å². The Morgan fingerprint density at radius 1 is 1.21 bits per heavy atom. The molecule has 0 spiro atoms. The molecule has 5 heteroatoms. The highest BCUT2D eigenvalue weighted by Crippen LogP contribution is 2.38. The molecule has 1 aromatic carbocycles. The molecule has 5 nitrogen and oxygen atoms in total. The van der Waals surface area contributed by atoms with Crippen LogP contribution in [0.4, 0.5) is 5.69 Å². The number of amides is 1. The van der Waals surface area contributed by atoms with Crippen molar-refractivity contribution in [3.63, 3.8) is 0 Å². The SMILES string of the molecule is NCC1(C(=O)Nc2ccc(C(=O)O)cc2)CCCC1. The van der Waals surface area contributed by atoms with Crippen molar-refractivity contribution in [1.29, 1.82) is 0 Å². The van der Waals surface area contributed by atoms with Gasteiger partial charge in [-0.05, 0) is 37.1 Å². The molecule has 0 atom stereocenters. The molecule has 0 bridgehead atoms. The van der Waals surface area contributed by atoms with E-state index in [2.05, 4.69) is 5.32 Å². The summed E-state index contributed by atoms with van der Waals surface area (Å²) in [6.07, 6.45) is 3.70. The lowest BCUT2D eigenvalue weighted by atomic mass is 9.85. The van der Waals surface area contributed by atoms with Crippen LogP contribution in [0.2, 0.25) is 0 Å². The Kier molecular flexibility index (Phi) is 3.85. The first-order valence-corrected chi connectivity index (χ1v) is 6.42. The molecule has 0 radical (unpaired) electrons. The largest absolute Gasteiger partial charge is 0.478 e. The smallest absolute Gasteiger partial charge is 0.335 e. The van der Waals surface area contributed by atoms with Crippen LogP contribution in [0.25, 0.3) is 0 Å². The third-order valence-corrected chi connectivity index (χ3v) is 3.82. The van der Waals surface area contributed by atoms with E-state index >= 15 is 0 Å². The molecule has 1 aliphatic rings. The Morgan fingerprint density at radius 2 is 1.79 bits per heavy atom. The number of anilines is 1. The Labute approximate surface area is 111 Å². The van der Waals surface area contributed by atoms with Gasteiger partial charge in [-0.3, -0.25) is 4.79 Å². The van der Waals surface area contributed by atoms with Gasteiger partial charge in [-0.1, -0.05) is 12.8 Å². The number of rotatable bonds is 4. The maximum Gasteiger partial charge on any atom is 0.335 e. The number of carbonyl (C=O) groups is 2. The monoisotopic (exact) mass is 262 g/mol. The van der Waals surface area contributed by atoms with E-state index in [9.17, 15) is 9.59 Å². The molecule has 2 rings (SSSR count). The number of carboxylic acids is 1. The summed E-state index contributed by atoms with van der Waals surface area (Å²) in [5, 5.41) is 11.6. The molecule has 0 unspecified atom stereocenters. The summed E-state index contributed by atoms with van der Waals surface area (Å²) in [6, 6.07) is 6.14. The number of nitrogens with one attached hydrogen (secondary N) is 1. The van der Waals surface area contributed by atoms with Crippen LogP contribution < -0.4 is 11.1 Å². The predicted molar refractivity (Wildman–Crippen MR) is 72.0 cm³/mol. The van der Waals surface area contributed by atoms with E-state index in [1.54, 1.807) is 12.1 Å². The van der Waals surface area contributed by atoms with Crippen LogP contribution in [0.1, 0.15) is 36.0 Å². The Balaban J connectivity index is 2.08. The standard InChI is InChI=1S/C14H18N2O3/c15-9-14(7-1-2-8-14)13(19)16-11-5-3-10(4-6-11)12(17)18/h3-6H,1-2,7-9,15H2,(H,16,19)(H,17,18). The molecule has 1 saturated carbocycles. The first kappa shape index (κ1) is 13.5. The number of carbonyl (C=O) groups excluding carboxylic acids is 1. The van der Waals surface area contributed by atoms with E-state index in [1.165, 1.54) is 12.1 Å². The van der Waals surface area contributed by atoms with E-state index in [1.807, 2.05) is 0 Å². The molecule has 0 aromatic heterocycles. The van der Waals surface area contributed by atoms with Crippen molar-refractivity contribution in [1.82, 2.24) is 0 Å². The molecule has 1 aromatic rings. The van der Waals surface area contributed by atoms with Gasteiger partial charge in [0.05, 0.1) is 11.0 Å². The number of hydrogen-bond acceptors (Lipinski definition) is 3. The molecule has 0 saturated heterocycles. The third kappa shape index (κ3) is 2.76. The molecule has 19 heavy (non-hydrogen) atoms. The van der Waals surface area contributed by atoms with Gasteiger partial charge in [0.2, 0.25) is 5.91 Å². The van der Waals surface area contributed by atoms with Gasteiger partial charge < -0.3 is 16.2 Å². The number of benzene rings is 1. The molecule has 1 amide bonds. The second-order valence-corrected chi connectivity index (χ2v) is 5.03. The van der Waals surface area contributed by atoms with Gasteiger partial charge in [0.1, 0.15) is 0 Å². The highest BCUT2D eigenvalue weighted by molar-refractivity contribution is 5.96. The number of carboxylic acid groups (broad SMARTS) is 1. The lowest BCUT2D eigenvalue weighted by Gasteiger charge is -2.25. The van der Waals surface area contributed by atoms with E-state index in [4.69, 9.17) is 10.8 Å². The van der Waals surface area contributed by atoms with Crippen LogP contribution in [0.5, 0.6) is 0 Å². The van der Waals surface area contributed by atoms with Gasteiger partial charge in [-0.2, -0.15) is 0 Å². The highest BCUT2D eigenvalue weighted by Gasteiger charge is 2.39. The Morgan fingerprint density at radius 3 is 2.26 bits per heavy atom. The summed E-state index contributed by atoms with van der Waals surface area (Å²) >= 11 is 0. The van der Waals surface area contributed by atoms with Gasteiger partial charge in [-0.25, -0.2) is 4.79 Å². The second-order valence-electron chi connectivity index (χ2n) is 5.03. The second kappa shape index (κ2) is 5.40.